The van der Waals surface area contributed by atoms with Crippen molar-refractivity contribution in [3.8, 4) is 0 Å². The van der Waals surface area contributed by atoms with Crippen LogP contribution in [0.4, 0.5) is 18.9 Å². The van der Waals surface area contributed by atoms with Gasteiger partial charge in [0.15, 0.2) is 17.5 Å². The first-order chi connectivity index (χ1) is 10.0. The van der Waals surface area contributed by atoms with Gasteiger partial charge in [-0.25, -0.2) is 13.2 Å². The second kappa shape index (κ2) is 6.83. The average Bonchev–Trinajstić information content (AvgIpc) is 2.45. The highest BCUT2D eigenvalue weighted by Crippen LogP contribution is 2.28. The summed E-state index contributed by atoms with van der Waals surface area (Å²) in [5.74, 6) is -4.37. The van der Waals surface area contributed by atoms with Gasteiger partial charge in [-0.15, -0.1) is 0 Å². The van der Waals surface area contributed by atoms with Crippen LogP contribution in [0, 0.1) is 23.4 Å². The van der Waals surface area contributed by atoms with E-state index in [1.54, 1.807) is 6.92 Å². The van der Waals surface area contributed by atoms with E-state index in [1.165, 1.54) is 0 Å². The van der Waals surface area contributed by atoms with Crippen LogP contribution in [0.25, 0.3) is 0 Å². The fraction of sp³-hybridized carbons (Fsp3) is 0.533. The zero-order chi connectivity index (χ0) is 15.4. The summed E-state index contributed by atoms with van der Waals surface area (Å²) in [5, 5.41) is 2.96. The molecule has 116 valence electrons. The summed E-state index contributed by atoms with van der Waals surface area (Å²) in [6.45, 7) is 2.09. The van der Waals surface area contributed by atoms with Gasteiger partial charge in [0.1, 0.15) is 0 Å². The standard InChI is InChI=1S/C15H18F3NO2/c1-2-21-15(20)9-4-3-5-10(6-9)19-11-7-12(16)14(18)13(17)8-11/h7-10,19H,2-6H2,1H3. The Hall–Kier alpha value is -1.72. The number of carbonyl (C=O) groups is 1. The maximum absolute atomic E-state index is 13.2. The van der Waals surface area contributed by atoms with Gasteiger partial charge in [-0.05, 0) is 26.2 Å². The molecule has 2 atom stereocenters. The third-order valence-electron chi connectivity index (χ3n) is 3.65. The highest BCUT2D eigenvalue weighted by molar-refractivity contribution is 5.72. The number of hydrogen-bond donors (Lipinski definition) is 1. The predicted octanol–water partition coefficient (Wildman–Crippen LogP) is 3.64. The molecule has 0 radical (unpaired) electrons. The Labute approximate surface area is 121 Å². The molecule has 0 spiro atoms. The monoisotopic (exact) mass is 301 g/mol. The summed E-state index contributed by atoms with van der Waals surface area (Å²) in [5.41, 5.74) is 0.181. The third-order valence-corrected chi connectivity index (χ3v) is 3.65. The highest BCUT2D eigenvalue weighted by Gasteiger charge is 2.28. The second-order valence-corrected chi connectivity index (χ2v) is 5.21. The topological polar surface area (TPSA) is 38.3 Å². The molecule has 1 aromatic carbocycles. The Morgan fingerprint density at radius 3 is 2.57 bits per heavy atom. The third kappa shape index (κ3) is 3.89. The van der Waals surface area contributed by atoms with Crippen LogP contribution in [0.1, 0.15) is 32.6 Å². The molecule has 0 aliphatic heterocycles. The maximum atomic E-state index is 13.2. The van der Waals surface area contributed by atoms with Gasteiger partial charge in [0.25, 0.3) is 0 Å². The van der Waals surface area contributed by atoms with Crippen molar-refractivity contribution in [2.24, 2.45) is 5.92 Å². The molecule has 2 unspecified atom stereocenters. The molecule has 0 saturated heterocycles. The first-order valence-electron chi connectivity index (χ1n) is 7.09. The average molecular weight is 301 g/mol. The van der Waals surface area contributed by atoms with E-state index in [0.29, 0.717) is 13.0 Å². The van der Waals surface area contributed by atoms with Crippen molar-refractivity contribution in [3.63, 3.8) is 0 Å². The number of rotatable bonds is 4. The van der Waals surface area contributed by atoms with Crippen LogP contribution < -0.4 is 5.32 Å². The zero-order valence-corrected chi connectivity index (χ0v) is 11.8. The summed E-state index contributed by atoms with van der Waals surface area (Å²) in [6.07, 6.45) is 2.91. The van der Waals surface area contributed by atoms with Crippen LogP contribution >= 0.6 is 0 Å². The molecule has 0 aromatic heterocycles. The minimum absolute atomic E-state index is 0.0857. The summed E-state index contributed by atoms with van der Waals surface area (Å²) in [4.78, 5) is 11.7. The number of esters is 1. The molecule has 0 amide bonds. The molecule has 1 N–H and O–H groups in total. The summed E-state index contributed by atoms with van der Waals surface area (Å²) >= 11 is 0. The lowest BCUT2D eigenvalue weighted by atomic mass is 9.85. The summed E-state index contributed by atoms with van der Waals surface area (Å²) < 4.78 is 44.2. The van der Waals surface area contributed by atoms with Crippen LogP contribution in [0.5, 0.6) is 0 Å². The van der Waals surface area contributed by atoms with Crippen LogP contribution in [-0.4, -0.2) is 18.6 Å². The van der Waals surface area contributed by atoms with E-state index in [2.05, 4.69) is 5.32 Å². The number of anilines is 1. The van der Waals surface area contributed by atoms with Gasteiger partial charge in [0.05, 0.1) is 12.5 Å². The summed E-state index contributed by atoms with van der Waals surface area (Å²) in [6, 6.07) is 1.76. The van der Waals surface area contributed by atoms with Gasteiger partial charge < -0.3 is 10.1 Å². The second-order valence-electron chi connectivity index (χ2n) is 5.21. The van der Waals surface area contributed by atoms with Gasteiger partial charge in [0, 0.05) is 23.9 Å². The number of benzene rings is 1. The lowest BCUT2D eigenvalue weighted by Gasteiger charge is -2.29. The van der Waals surface area contributed by atoms with E-state index in [9.17, 15) is 18.0 Å². The minimum Gasteiger partial charge on any atom is -0.466 e. The maximum Gasteiger partial charge on any atom is 0.308 e. The van der Waals surface area contributed by atoms with Gasteiger partial charge in [-0.2, -0.15) is 0 Å². The first-order valence-corrected chi connectivity index (χ1v) is 7.09. The predicted molar refractivity (Wildman–Crippen MR) is 72.3 cm³/mol. The quantitative estimate of drug-likeness (QED) is 0.681. The summed E-state index contributed by atoms with van der Waals surface area (Å²) in [7, 11) is 0. The highest BCUT2D eigenvalue weighted by atomic mass is 19.2. The van der Waals surface area contributed by atoms with Crippen molar-refractivity contribution in [1.82, 2.24) is 0 Å². The Morgan fingerprint density at radius 2 is 1.95 bits per heavy atom. The minimum atomic E-state index is -1.48. The normalized spacial score (nSPS) is 21.9. The van der Waals surface area contributed by atoms with Crippen molar-refractivity contribution < 1.29 is 22.7 Å². The van der Waals surface area contributed by atoms with E-state index < -0.39 is 17.5 Å². The molecule has 3 nitrogen and oxygen atoms in total. The largest absolute Gasteiger partial charge is 0.466 e. The molecule has 21 heavy (non-hydrogen) atoms. The Bertz CT molecular complexity index is 499. The molecular formula is C15H18F3NO2. The Morgan fingerprint density at radius 1 is 1.29 bits per heavy atom. The fourth-order valence-electron chi connectivity index (χ4n) is 2.67. The number of hydrogen-bond acceptors (Lipinski definition) is 3. The SMILES string of the molecule is CCOC(=O)C1CCCC(Nc2cc(F)c(F)c(F)c2)C1. The molecule has 1 aromatic rings. The Balaban J connectivity index is 2.01. The lowest BCUT2D eigenvalue weighted by Crippen LogP contribution is -2.32. The molecule has 1 saturated carbocycles. The molecule has 1 aliphatic rings. The van der Waals surface area contributed by atoms with Gasteiger partial charge in [-0.3, -0.25) is 4.79 Å². The molecular weight excluding hydrogens is 283 g/mol. The van der Waals surface area contributed by atoms with Crippen LogP contribution in [0.2, 0.25) is 0 Å². The molecule has 1 fully saturated rings. The van der Waals surface area contributed by atoms with Crippen molar-refractivity contribution in [1.29, 1.82) is 0 Å². The zero-order valence-electron chi connectivity index (χ0n) is 11.8. The number of halogens is 3. The van der Waals surface area contributed by atoms with Gasteiger partial charge >= 0.3 is 5.97 Å². The van der Waals surface area contributed by atoms with Crippen molar-refractivity contribution >= 4 is 11.7 Å². The van der Waals surface area contributed by atoms with Crippen LogP contribution in [0.3, 0.4) is 0 Å². The Kier molecular flexibility index (Phi) is 5.09. The molecule has 0 heterocycles. The number of carbonyl (C=O) groups excluding carboxylic acids is 1. The van der Waals surface area contributed by atoms with Crippen molar-refractivity contribution in [2.45, 2.75) is 38.6 Å². The van der Waals surface area contributed by atoms with E-state index in [4.69, 9.17) is 4.74 Å². The van der Waals surface area contributed by atoms with Gasteiger partial charge in [-0.1, -0.05) is 6.42 Å². The van der Waals surface area contributed by atoms with Crippen molar-refractivity contribution in [2.75, 3.05) is 11.9 Å². The smallest absolute Gasteiger partial charge is 0.308 e. The van der Waals surface area contributed by atoms with E-state index in [1.807, 2.05) is 0 Å². The van der Waals surface area contributed by atoms with E-state index in [0.717, 1.165) is 31.4 Å². The molecule has 2 rings (SSSR count). The molecule has 6 heteroatoms. The number of ether oxygens (including phenoxy) is 1. The van der Waals surface area contributed by atoms with Crippen LogP contribution in [0.15, 0.2) is 12.1 Å². The molecule has 1 aliphatic carbocycles. The van der Waals surface area contributed by atoms with E-state index in [-0.39, 0.29) is 23.6 Å². The van der Waals surface area contributed by atoms with Crippen LogP contribution in [-0.2, 0) is 9.53 Å². The fourth-order valence-corrected chi connectivity index (χ4v) is 2.67. The first kappa shape index (κ1) is 15.7. The van der Waals surface area contributed by atoms with E-state index >= 15 is 0 Å². The lowest BCUT2D eigenvalue weighted by molar-refractivity contribution is -0.149. The van der Waals surface area contributed by atoms with Gasteiger partial charge in [0.2, 0.25) is 0 Å². The van der Waals surface area contributed by atoms with Crippen molar-refractivity contribution in [3.05, 3.63) is 29.6 Å². The molecule has 0 bridgehead atoms. The number of nitrogens with one attached hydrogen (secondary N) is 1.